The van der Waals surface area contributed by atoms with Crippen LogP contribution in [0.3, 0.4) is 0 Å². The van der Waals surface area contributed by atoms with Crippen LogP contribution >= 0.6 is 0 Å². The van der Waals surface area contributed by atoms with E-state index in [1.165, 1.54) is 12.8 Å². The molecule has 1 unspecified atom stereocenters. The van der Waals surface area contributed by atoms with Crippen LogP contribution < -0.4 is 5.32 Å². The topological polar surface area (TPSA) is 69.6 Å². The molecule has 5 heteroatoms. The van der Waals surface area contributed by atoms with Crippen LogP contribution in [0.1, 0.15) is 32.6 Å². The maximum Gasteiger partial charge on any atom is 0.405 e. The van der Waals surface area contributed by atoms with Crippen molar-refractivity contribution in [2.24, 2.45) is 5.41 Å². The summed E-state index contributed by atoms with van der Waals surface area (Å²) in [6.45, 7) is 3.16. The summed E-state index contributed by atoms with van der Waals surface area (Å²) >= 11 is 0. The largest absolute Gasteiger partial charge is 0.465 e. The normalized spacial score (nSPS) is 23.9. The first kappa shape index (κ1) is 11.2. The van der Waals surface area contributed by atoms with Crippen molar-refractivity contribution in [3.63, 3.8) is 0 Å². The van der Waals surface area contributed by atoms with Crippen LogP contribution in [-0.4, -0.2) is 41.1 Å². The lowest BCUT2D eigenvalue weighted by atomic mass is 9.93. The SMILES string of the molecule is CC(NC(=O)O)C(=O)N1CCC2(CC1)CC2. The van der Waals surface area contributed by atoms with E-state index in [-0.39, 0.29) is 5.91 Å². The molecule has 0 aromatic heterocycles. The van der Waals surface area contributed by atoms with E-state index < -0.39 is 12.1 Å². The molecule has 5 nitrogen and oxygen atoms in total. The highest BCUT2D eigenvalue weighted by molar-refractivity contribution is 5.84. The molecule has 1 aliphatic heterocycles. The van der Waals surface area contributed by atoms with Crippen LogP contribution in [0.4, 0.5) is 4.79 Å². The molecule has 0 bridgehead atoms. The van der Waals surface area contributed by atoms with Crippen molar-refractivity contribution in [1.82, 2.24) is 10.2 Å². The second kappa shape index (κ2) is 3.96. The van der Waals surface area contributed by atoms with Gasteiger partial charge in [0.25, 0.3) is 0 Å². The summed E-state index contributed by atoms with van der Waals surface area (Å²) < 4.78 is 0. The van der Waals surface area contributed by atoms with Gasteiger partial charge in [-0.25, -0.2) is 4.79 Å². The molecule has 16 heavy (non-hydrogen) atoms. The van der Waals surface area contributed by atoms with E-state index in [0.29, 0.717) is 5.41 Å². The van der Waals surface area contributed by atoms with E-state index in [2.05, 4.69) is 5.32 Å². The first-order valence-electron chi connectivity index (χ1n) is 5.81. The van der Waals surface area contributed by atoms with Gasteiger partial charge >= 0.3 is 6.09 Å². The Kier molecular flexibility index (Phi) is 2.78. The number of rotatable bonds is 2. The monoisotopic (exact) mass is 226 g/mol. The Balaban J connectivity index is 1.83. The van der Waals surface area contributed by atoms with Crippen molar-refractivity contribution < 1.29 is 14.7 Å². The van der Waals surface area contributed by atoms with E-state index in [1.807, 2.05) is 0 Å². The molecule has 1 aliphatic carbocycles. The van der Waals surface area contributed by atoms with E-state index in [9.17, 15) is 9.59 Å². The zero-order valence-corrected chi connectivity index (χ0v) is 9.53. The lowest BCUT2D eigenvalue weighted by Gasteiger charge is -2.33. The molecular weight excluding hydrogens is 208 g/mol. The molecule has 1 spiro atoms. The summed E-state index contributed by atoms with van der Waals surface area (Å²) in [7, 11) is 0. The lowest BCUT2D eigenvalue weighted by molar-refractivity contribution is -0.134. The molecular formula is C11H18N2O3. The third-order valence-corrected chi connectivity index (χ3v) is 3.80. The maximum absolute atomic E-state index is 11.9. The number of hydrogen-bond donors (Lipinski definition) is 2. The quantitative estimate of drug-likeness (QED) is 0.739. The predicted molar refractivity (Wildman–Crippen MR) is 58.1 cm³/mol. The van der Waals surface area contributed by atoms with E-state index >= 15 is 0 Å². The van der Waals surface area contributed by atoms with Gasteiger partial charge in [-0.1, -0.05) is 0 Å². The Morgan fingerprint density at radius 1 is 1.25 bits per heavy atom. The molecule has 2 rings (SSSR count). The van der Waals surface area contributed by atoms with Crippen LogP contribution in [0.25, 0.3) is 0 Å². The predicted octanol–water partition coefficient (Wildman–Crippen LogP) is 1.05. The number of carbonyl (C=O) groups is 2. The molecule has 1 saturated heterocycles. The summed E-state index contributed by atoms with van der Waals surface area (Å²) in [5.74, 6) is -0.0992. The fourth-order valence-electron chi connectivity index (χ4n) is 2.40. The summed E-state index contributed by atoms with van der Waals surface area (Å²) in [4.78, 5) is 24.1. The van der Waals surface area contributed by atoms with E-state index in [0.717, 1.165) is 25.9 Å². The Labute approximate surface area is 94.8 Å². The highest BCUT2D eigenvalue weighted by Crippen LogP contribution is 2.53. The first-order chi connectivity index (χ1) is 7.52. The number of likely N-dealkylation sites (tertiary alicyclic amines) is 1. The van der Waals surface area contributed by atoms with Crippen molar-refractivity contribution in [2.45, 2.75) is 38.6 Å². The molecule has 0 aromatic rings. The summed E-state index contributed by atoms with van der Waals surface area (Å²) in [5.41, 5.74) is 0.542. The van der Waals surface area contributed by atoms with E-state index in [1.54, 1.807) is 11.8 Å². The zero-order valence-electron chi connectivity index (χ0n) is 9.53. The molecule has 1 heterocycles. The summed E-state index contributed by atoms with van der Waals surface area (Å²) in [5, 5.41) is 10.7. The number of carbonyl (C=O) groups excluding carboxylic acids is 1. The first-order valence-corrected chi connectivity index (χ1v) is 5.81. The number of nitrogens with one attached hydrogen (secondary N) is 1. The van der Waals surface area contributed by atoms with Gasteiger partial charge in [0.1, 0.15) is 6.04 Å². The van der Waals surface area contributed by atoms with Crippen molar-refractivity contribution in [2.75, 3.05) is 13.1 Å². The Morgan fingerprint density at radius 3 is 2.25 bits per heavy atom. The Morgan fingerprint density at radius 2 is 1.81 bits per heavy atom. The number of carboxylic acid groups (broad SMARTS) is 1. The molecule has 2 N–H and O–H groups in total. The molecule has 2 aliphatic rings. The lowest BCUT2D eigenvalue weighted by Crippen LogP contribution is -2.49. The van der Waals surface area contributed by atoms with E-state index in [4.69, 9.17) is 5.11 Å². The number of hydrogen-bond acceptors (Lipinski definition) is 2. The Hall–Kier alpha value is -1.26. The average Bonchev–Trinajstić information content (AvgIpc) is 2.97. The van der Waals surface area contributed by atoms with Crippen molar-refractivity contribution >= 4 is 12.0 Å². The van der Waals surface area contributed by atoms with Crippen LogP contribution in [0.15, 0.2) is 0 Å². The number of piperidine rings is 1. The molecule has 2 fully saturated rings. The molecule has 1 atom stereocenters. The minimum Gasteiger partial charge on any atom is -0.465 e. The molecule has 0 radical (unpaired) electrons. The van der Waals surface area contributed by atoms with Gasteiger partial charge in [0, 0.05) is 13.1 Å². The molecule has 2 amide bonds. The third kappa shape index (κ3) is 2.28. The van der Waals surface area contributed by atoms with Gasteiger partial charge in [0.05, 0.1) is 0 Å². The van der Waals surface area contributed by atoms with Crippen LogP contribution in [0, 0.1) is 5.41 Å². The maximum atomic E-state index is 11.9. The van der Waals surface area contributed by atoms with Crippen molar-refractivity contribution in [1.29, 1.82) is 0 Å². The minimum atomic E-state index is -1.14. The summed E-state index contributed by atoms with van der Waals surface area (Å²) in [6, 6.07) is -0.634. The minimum absolute atomic E-state index is 0.0992. The smallest absolute Gasteiger partial charge is 0.405 e. The second-order valence-electron chi connectivity index (χ2n) is 5.00. The van der Waals surface area contributed by atoms with Gasteiger partial charge in [-0.2, -0.15) is 0 Å². The van der Waals surface area contributed by atoms with Crippen molar-refractivity contribution in [3.8, 4) is 0 Å². The second-order valence-corrected chi connectivity index (χ2v) is 5.00. The van der Waals surface area contributed by atoms with Gasteiger partial charge in [0.2, 0.25) is 5.91 Å². The third-order valence-electron chi connectivity index (χ3n) is 3.80. The summed E-state index contributed by atoms with van der Waals surface area (Å²) in [6.07, 6.45) is 3.63. The molecule has 90 valence electrons. The van der Waals surface area contributed by atoms with Crippen LogP contribution in [-0.2, 0) is 4.79 Å². The zero-order chi connectivity index (χ0) is 11.8. The molecule has 1 saturated carbocycles. The Bertz CT molecular complexity index is 302. The van der Waals surface area contributed by atoms with Crippen LogP contribution in [0.5, 0.6) is 0 Å². The number of nitrogens with zero attached hydrogens (tertiary/aromatic N) is 1. The fraction of sp³-hybridized carbons (Fsp3) is 0.818. The van der Waals surface area contributed by atoms with Gasteiger partial charge in [-0.3, -0.25) is 4.79 Å². The average molecular weight is 226 g/mol. The van der Waals surface area contributed by atoms with Crippen molar-refractivity contribution in [3.05, 3.63) is 0 Å². The fourth-order valence-corrected chi connectivity index (χ4v) is 2.40. The van der Waals surface area contributed by atoms with Gasteiger partial charge in [-0.05, 0) is 38.0 Å². The van der Waals surface area contributed by atoms with Gasteiger partial charge in [-0.15, -0.1) is 0 Å². The highest BCUT2D eigenvalue weighted by atomic mass is 16.4. The molecule has 0 aromatic carbocycles. The van der Waals surface area contributed by atoms with Crippen LogP contribution in [0.2, 0.25) is 0 Å². The van der Waals surface area contributed by atoms with Gasteiger partial charge in [0.15, 0.2) is 0 Å². The number of amides is 2. The van der Waals surface area contributed by atoms with Gasteiger partial charge < -0.3 is 15.3 Å². The highest BCUT2D eigenvalue weighted by Gasteiger charge is 2.45. The standard InChI is InChI=1S/C11H18N2O3/c1-8(12-10(15)16)9(14)13-6-4-11(2-3-11)5-7-13/h8,12H,2-7H2,1H3,(H,15,16).